The van der Waals surface area contributed by atoms with E-state index in [4.69, 9.17) is 11.6 Å². The average molecular weight is 486 g/mol. The maximum atomic E-state index is 13.7. The van der Waals surface area contributed by atoms with Gasteiger partial charge in [-0.1, -0.05) is 49.1 Å². The molecule has 1 saturated carbocycles. The molecule has 0 spiro atoms. The standard InChI is InChI=1S/C24H21ClFN3O3S/c25-17-12-15(10-11-18(17)26)29-23(31)22-21(16-8-4-5-9-19(16)33-22)28(24(29)32)13-20(30)27-14-6-2-1-3-7-14/h4-5,8-12,14H,1-3,6-7,13H2,(H,27,30). The van der Waals surface area contributed by atoms with Crippen molar-refractivity contribution in [2.24, 2.45) is 0 Å². The molecule has 0 bridgehead atoms. The van der Waals surface area contributed by atoms with Gasteiger partial charge >= 0.3 is 5.69 Å². The Morgan fingerprint density at radius 1 is 1.12 bits per heavy atom. The molecule has 6 nitrogen and oxygen atoms in total. The lowest BCUT2D eigenvalue weighted by Gasteiger charge is -2.23. The lowest BCUT2D eigenvalue weighted by atomic mass is 9.95. The summed E-state index contributed by atoms with van der Waals surface area (Å²) in [6, 6.07) is 11.2. The van der Waals surface area contributed by atoms with Crippen LogP contribution >= 0.6 is 22.9 Å². The molecular weight excluding hydrogens is 465 g/mol. The van der Waals surface area contributed by atoms with Gasteiger partial charge in [0.05, 0.1) is 16.2 Å². The van der Waals surface area contributed by atoms with Gasteiger partial charge in [-0.3, -0.25) is 14.2 Å². The zero-order valence-electron chi connectivity index (χ0n) is 17.6. The van der Waals surface area contributed by atoms with Crippen LogP contribution in [0, 0.1) is 5.82 Å². The molecular formula is C24H21ClFN3O3S. The van der Waals surface area contributed by atoms with Gasteiger partial charge in [0, 0.05) is 16.1 Å². The van der Waals surface area contributed by atoms with E-state index in [1.54, 1.807) is 0 Å². The van der Waals surface area contributed by atoms with E-state index in [2.05, 4.69) is 5.32 Å². The van der Waals surface area contributed by atoms with Gasteiger partial charge in [-0.15, -0.1) is 11.3 Å². The highest BCUT2D eigenvalue weighted by atomic mass is 35.5. The highest BCUT2D eigenvalue weighted by Gasteiger charge is 2.22. The molecule has 33 heavy (non-hydrogen) atoms. The Balaban J connectivity index is 1.70. The van der Waals surface area contributed by atoms with Crippen LogP contribution in [0.15, 0.2) is 52.1 Å². The first-order valence-electron chi connectivity index (χ1n) is 10.9. The number of hydrogen-bond acceptors (Lipinski definition) is 4. The van der Waals surface area contributed by atoms with Crippen LogP contribution in [-0.4, -0.2) is 21.1 Å². The van der Waals surface area contributed by atoms with E-state index >= 15 is 0 Å². The normalized spacial score (nSPS) is 14.7. The molecule has 0 atom stereocenters. The first kappa shape index (κ1) is 21.9. The van der Waals surface area contributed by atoms with Crippen LogP contribution in [0.4, 0.5) is 4.39 Å². The van der Waals surface area contributed by atoms with Crippen molar-refractivity contribution in [2.45, 2.75) is 44.7 Å². The van der Waals surface area contributed by atoms with Gasteiger partial charge in [-0.25, -0.2) is 13.8 Å². The molecule has 4 aromatic rings. The molecule has 170 valence electrons. The van der Waals surface area contributed by atoms with E-state index in [0.29, 0.717) is 10.2 Å². The number of halogens is 2. The molecule has 0 saturated heterocycles. The van der Waals surface area contributed by atoms with Gasteiger partial charge in [-0.2, -0.15) is 0 Å². The minimum absolute atomic E-state index is 0.0958. The fraction of sp³-hybridized carbons (Fsp3) is 0.292. The Hall–Kier alpha value is -2.97. The molecule has 2 aromatic heterocycles. The third-order valence-corrected chi connectivity index (χ3v) is 7.53. The number of fused-ring (bicyclic) bond motifs is 3. The fourth-order valence-corrected chi connectivity index (χ4v) is 5.82. The van der Waals surface area contributed by atoms with Crippen LogP contribution in [0.5, 0.6) is 0 Å². The maximum absolute atomic E-state index is 13.7. The Bertz CT molecular complexity index is 1500. The lowest BCUT2D eigenvalue weighted by Crippen LogP contribution is -2.43. The molecule has 1 aliphatic carbocycles. The van der Waals surface area contributed by atoms with Crippen molar-refractivity contribution in [1.82, 2.24) is 14.5 Å². The highest BCUT2D eigenvalue weighted by Crippen LogP contribution is 2.31. The molecule has 0 radical (unpaired) electrons. The Labute approximate surface area is 197 Å². The molecule has 1 aliphatic rings. The number of amides is 1. The average Bonchev–Trinajstić information content (AvgIpc) is 3.20. The van der Waals surface area contributed by atoms with Gasteiger partial charge in [0.25, 0.3) is 5.56 Å². The van der Waals surface area contributed by atoms with Crippen molar-refractivity contribution in [3.05, 3.63) is 74.1 Å². The fourth-order valence-electron chi connectivity index (χ4n) is 4.51. The second kappa shape index (κ2) is 8.76. The number of aromatic nitrogens is 2. The number of thiophene rings is 1. The third-order valence-electron chi connectivity index (χ3n) is 6.09. The minimum Gasteiger partial charge on any atom is -0.352 e. The summed E-state index contributed by atoms with van der Waals surface area (Å²) in [6.45, 7) is -0.220. The summed E-state index contributed by atoms with van der Waals surface area (Å²) >= 11 is 7.18. The lowest BCUT2D eigenvalue weighted by molar-refractivity contribution is -0.122. The van der Waals surface area contributed by atoms with Crippen LogP contribution in [-0.2, 0) is 11.3 Å². The summed E-state index contributed by atoms with van der Waals surface area (Å²) in [4.78, 5) is 39.9. The summed E-state index contributed by atoms with van der Waals surface area (Å²) < 4.78 is 17.2. The van der Waals surface area contributed by atoms with E-state index in [1.165, 1.54) is 34.5 Å². The summed E-state index contributed by atoms with van der Waals surface area (Å²) in [6.07, 6.45) is 5.15. The van der Waals surface area contributed by atoms with Crippen LogP contribution in [0.25, 0.3) is 26.0 Å². The van der Waals surface area contributed by atoms with E-state index < -0.39 is 17.1 Å². The number of rotatable bonds is 4. The van der Waals surface area contributed by atoms with Crippen LogP contribution in [0.3, 0.4) is 0 Å². The highest BCUT2D eigenvalue weighted by molar-refractivity contribution is 7.25. The molecule has 5 rings (SSSR count). The first-order valence-corrected chi connectivity index (χ1v) is 12.1. The largest absolute Gasteiger partial charge is 0.352 e. The van der Waals surface area contributed by atoms with E-state index in [0.717, 1.165) is 46.4 Å². The SMILES string of the molecule is O=C(Cn1c(=O)n(-c2ccc(F)c(Cl)c2)c(=O)c2sc3ccccc3c21)NC1CCCCC1. The van der Waals surface area contributed by atoms with Crippen molar-refractivity contribution >= 4 is 49.1 Å². The molecule has 2 heterocycles. The van der Waals surface area contributed by atoms with Crippen molar-refractivity contribution in [3.63, 3.8) is 0 Å². The predicted molar refractivity (Wildman–Crippen MR) is 129 cm³/mol. The zero-order chi connectivity index (χ0) is 23.1. The molecule has 9 heteroatoms. The number of carbonyl (C=O) groups excluding carboxylic acids is 1. The van der Waals surface area contributed by atoms with Crippen molar-refractivity contribution in [3.8, 4) is 5.69 Å². The monoisotopic (exact) mass is 485 g/mol. The van der Waals surface area contributed by atoms with Gasteiger partial charge in [0.15, 0.2) is 0 Å². The van der Waals surface area contributed by atoms with E-state index in [9.17, 15) is 18.8 Å². The van der Waals surface area contributed by atoms with Gasteiger partial charge in [0.1, 0.15) is 17.1 Å². The summed E-state index contributed by atoms with van der Waals surface area (Å²) in [5.41, 5.74) is -0.605. The maximum Gasteiger partial charge on any atom is 0.336 e. The third kappa shape index (κ3) is 3.98. The Morgan fingerprint density at radius 3 is 2.64 bits per heavy atom. The van der Waals surface area contributed by atoms with Gasteiger partial charge in [0.2, 0.25) is 5.91 Å². The molecule has 1 N–H and O–H groups in total. The van der Waals surface area contributed by atoms with Crippen molar-refractivity contribution in [2.75, 3.05) is 0 Å². The molecule has 2 aromatic carbocycles. The quantitative estimate of drug-likeness (QED) is 0.459. The van der Waals surface area contributed by atoms with E-state index in [1.807, 2.05) is 24.3 Å². The van der Waals surface area contributed by atoms with Gasteiger partial charge < -0.3 is 5.32 Å². The predicted octanol–water partition coefficient (Wildman–Crippen LogP) is 4.61. The minimum atomic E-state index is -0.669. The molecule has 1 fully saturated rings. The molecule has 0 aliphatic heterocycles. The smallest absolute Gasteiger partial charge is 0.336 e. The number of hydrogen-bond donors (Lipinski definition) is 1. The Morgan fingerprint density at radius 2 is 1.88 bits per heavy atom. The van der Waals surface area contributed by atoms with Crippen LogP contribution in [0.2, 0.25) is 5.02 Å². The van der Waals surface area contributed by atoms with Crippen LogP contribution in [0.1, 0.15) is 32.1 Å². The molecule has 1 amide bonds. The number of nitrogens with zero attached hydrogens (tertiary/aromatic N) is 2. The zero-order valence-corrected chi connectivity index (χ0v) is 19.2. The van der Waals surface area contributed by atoms with Crippen molar-refractivity contribution in [1.29, 1.82) is 0 Å². The first-order chi connectivity index (χ1) is 15.9. The second-order valence-corrected chi connectivity index (χ2v) is 9.75. The summed E-state index contributed by atoms with van der Waals surface area (Å²) in [7, 11) is 0. The van der Waals surface area contributed by atoms with Gasteiger partial charge in [-0.05, 0) is 37.1 Å². The topological polar surface area (TPSA) is 73.1 Å². The van der Waals surface area contributed by atoms with E-state index in [-0.39, 0.29) is 29.2 Å². The summed E-state index contributed by atoms with van der Waals surface area (Å²) in [5, 5.41) is 3.58. The number of carbonyl (C=O) groups is 1. The van der Waals surface area contributed by atoms with Crippen LogP contribution < -0.4 is 16.6 Å². The number of nitrogens with one attached hydrogen (secondary N) is 1. The van der Waals surface area contributed by atoms with Crippen molar-refractivity contribution < 1.29 is 9.18 Å². The number of benzene rings is 2. The second-order valence-electron chi connectivity index (χ2n) is 8.29. The Kier molecular flexibility index (Phi) is 5.80. The summed E-state index contributed by atoms with van der Waals surface area (Å²) in [5.74, 6) is -0.925. The molecule has 0 unspecified atom stereocenters.